The van der Waals surface area contributed by atoms with Gasteiger partial charge in [-0.2, -0.15) is 0 Å². The molecule has 1 aromatic rings. The van der Waals surface area contributed by atoms with Gasteiger partial charge in [-0.1, -0.05) is 32.4 Å². The van der Waals surface area contributed by atoms with Crippen molar-refractivity contribution in [2.24, 2.45) is 5.92 Å². The van der Waals surface area contributed by atoms with Gasteiger partial charge in [0.15, 0.2) is 0 Å². The first kappa shape index (κ1) is 16.7. The quantitative estimate of drug-likeness (QED) is 0.389. The Morgan fingerprint density at radius 3 is 2.50 bits per heavy atom. The van der Waals surface area contributed by atoms with Crippen LogP contribution < -0.4 is 4.74 Å². The molecule has 0 aromatic heterocycles. The fourth-order valence-corrected chi connectivity index (χ4v) is 1.83. The van der Waals surface area contributed by atoms with E-state index in [-0.39, 0.29) is 5.97 Å². The SMILES string of the molecule is CC[C@H](C)COCCCCc1ccc(OC(C)=O)cc1. The third kappa shape index (κ3) is 7.29. The lowest BCUT2D eigenvalue weighted by atomic mass is 10.1. The molecule has 1 aromatic carbocycles. The maximum absolute atomic E-state index is 10.8. The molecule has 0 unspecified atom stereocenters. The first-order valence-corrected chi connectivity index (χ1v) is 7.47. The van der Waals surface area contributed by atoms with Crippen molar-refractivity contribution in [3.63, 3.8) is 0 Å². The van der Waals surface area contributed by atoms with Crippen molar-refractivity contribution < 1.29 is 14.3 Å². The predicted octanol–water partition coefficient (Wildman–Crippen LogP) is 4.00. The fourth-order valence-electron chi connectivity index (χ4n) is 1.83. The van der Waals surface area contributed by atoms with E-state index in [4.69, 9.17) is 9.47 Å². The molecule has 1 atom stereocenters. The van der Waals surface area contributed by atoms with Gasteiger partial charge in [-0.25, -0.2) is 0 Å². The summed E-state index contributed by atoms with van der Waals surface area (Å²) in [6.07, 6.45) is 4.41. The van der Waals surface area contributed by atoms with Crippen molar-refractivity contribution in [2.75, 3.05) is 13.2 Å². The highest BCUT2D eigenvalue weighted by Gasteiger charge is 2.00. The highest BCUT2D eigenvalue weighted by molar-refractivity contribution is 5.69. The van der Waals surface area contributed by atoms with E-state index in [1.54, 1.807) is 0 Å². The molecule has 3 heteroatoms. The Morgan fingerprint density at radius 1 is 1.20 bits per heavy atom. The van der Waals surface area contributed by atoms with Crippen LogP contribution in [0.15, 0.2) is 24.3 Å². The number of aryl methyl sites for hydroxylation is 1. The molecule has 0 radical (unpaired) electrons. The lowest BCUT2D eigenvalue weighted by Crippen LogP contribution is -2.05. The minimum atomic E-state index is -0.281. The number of esters is 1. The number of carbonyl (C=O) groups excluding carboxylic acids is 1. The zero-order valence-electron chi connectivity index (χ0n) is 12.9. The molecule has 0 spiro atoms. The number of benzene rings is 1. The average Bonchev–Trinajstić information content (AvgIpc) is 2.43. The molecule has 0 aliphatic heterocycles. The molecule has 20 heavy (non-hydrogen) atoms. The van der Waals surface area contributed by atoms with E-state index in [0.29, 0.717) is 11.7 Å². The molecule has 0 bridgehead atoms. The lowest BCUT2D eigenvalue weighted by molar-refractivity contribution is -0.131. The summed E-state index contributed by atoms with van der Waals surface area (Å²) in [5.74, 6) is 0.984. The average molecular weight is 278 g/mol. The minimum absolute atomic E-state index is 0.281. The summed E-state index contributed by atoms with van der Waals surface area (Å²) in [4.78, 5) is 10.8. The van der Waals surface area contributed by atoms with Gasteiger partial charge in [0.1, 0.15) is 5.75 Å². The summed E-state index contributed by atoms with van der Waals surface area (Å²) in [5.41, 5.74) is 1.27. The van der Waals surface area contributed by atoms with Crippen molar-refractivity contribution >= 4 is 5.97 Å². The summed E-state index contributed by atoms with van der Waals surface area (Å²) in [7, 11) is 0. The van der Waals surface area contributed by atoms with E-state index in [1.807, 2.05) is 24.3 Å². The normalized spacial score (nSPS) is 12.2. The van der Waals surface area contributed by atoms with Crippen molar-refractivity contribution in [3.8, 4) is 5.75 Å². The summed E-state index contributed by atoms with van der Waals surface area (Å²) in [6, 6.07) is 7.71. The molecular weight excluding hydrogens is 252 g/mol. The zero-order valence-corrected chi connectivity index (χ0v) is 12.9. The van der Waals surface area contributed by atoms with Crippen LogP contribution in [-0.2, 0) is 16.0 Å². The molecule has 0 aliphatic rings. The molecule has 0 saturated heterocycles. The number of carbonyl (C=O) groups is 1. The first-order valence-electron chi connectivity index (χ1n) is 7.47. The van der Waals surface area contributed by atoms with Gasteiger partial charge in [0, 0.05) is 20.1 Å². The molecule has 0 amide bonds. The summed E-state index contributed by atoms with van der Waals surface area (Å²) >= 11 is 0. The monoisotopic (exact) mass is 278 g/mol. The molecule has 112 valence electrons. The van der Waals surface area contributed by atoms with Crippen LogP contribution in [0.3, 0.4) is 0 Å². The van der Waals surface area contributed by atoms with Crippen LogP contribution in [0, 0.1) is 5.92 Å². The minimum Gasteiger partial charge on any atom is -0.427 e. The lowest BCUT2D eigenvalue weighted by Gasteiger charge is -2.09. The first-order chi connectivity index (χ1) is 9.61. The van der Waals surface area contributed by atoms with Crippen LogP contribution in [0.25, 0.3) is 0 Å². The predicted molar refractivity (Wildman–Crippen MR) is 81.0 cm³/mol. The van der Waals surface area contributed by atoms with Crippen LogP contribution in [0.4, 0.5) is 0 Å². The van der Waals surface area contributed by atoms with Crippen molar-refractivity contribution in [1.29, 1.82) is 0 Å². The number of unbranched alkanes of at least 4 members (excludes halogenated alkanes) is 1. The van der Waals surface area contributed by atoms with Crippen LogP contribution >= 0.6 is 0 Å². The smallest absolute Gasteiger partial charge is 0.308 e. The Bertz CT molecular complexity index is 384. The van der Waals surface area contributed by atoms with Crippen LogP contribution in [0.2, 0.25) is 0 Å². The number of rotatable bonds is 9. The molecule has 3 nitrogen and oxygen atoms in total. The maximum Gasteiger partial charge on any atom is 0.308 e. The van der Waals surface area contributed by atoms with E-state index in [1.165, 1.54) is 18.9 Å². The Kier molecular flexibility index (Phi) is 7.97. The van der Waals surface area contributed by atoms with Crippen molar-refractivity contribution in [3.05, 3.63) is 29.8 Å². The molecule has 0 N–H and O–H groups in total. The standard InChI is InChI=1S/C17H26O3/c1-4-14(2)13-19-12-6-5-7-16-8-10-17(11-9-16)20-15(3)18/h8-11,14H,4-7,12-13H2,1-3H3/t14-/m0/s1. The Balaban J connectivity index is 2.14. The third-order valence-corrected chi connectivity index (χ3v) is 3.29. The topological polar surface area (TPSA) is 35.5 Å². The summed E-state index contributed by atoms with van der Waals surface area (Å²) in [6.45, 7) is 7.52. The van der Waals surface area contributed by atoms with Gasteiger partial charge >= 0.3 is 5.97 Å². The molecule has 0 aliphatic carbocycles. The second kappa shape index (κ2) is 9.54. The van der Waals surface area contributed by atoms with Gasteiger partial charge < -0.3 is 9.47 Å². The largest absolute Gasteiger partial charge is 0.427 e. The molecule has 1 rings (SSSR count). The summed E-state index contributed by atoms with van der Waals surface area (Å²) in [5, 5.41) is 0. The van der Waals surface area contributed by atoms with Crippen LogP contribution in [0.5, 0.6) is 5.75 Å². The zero-order chi connectivity index (χ0) is 14.8. The van der Waals surface area contributed by atoms with Gasteiger partial charge in [0.05, 0.1) is 0 Å². The Labute approximate surface area is 122 Å². The molecule has 0 saturated carbocycles. The van der Waals surface area contributed by atoms with Gasteiger partial charge in [-0.05, 0) is 42.9 Å². The third-order valence-electron chi connectivity index (χ3n) is 3.29. The van der Waals surface area contributed by atoms with E-state index in [9.17, 15) is 4.79 Å². The Hall–Kier alpha value is -1.35. The van der Waals surface area contributed by atoms with E-state index in [0.717, 1.165) is 32.5 Å². The second-order valence-electron chi connectivity index (χ2n) is 5.28. The number of hydrogen-bond donors (Lipinski definition) is 0. The Morgan fingerprint density at radius 2 is 1.90 bits per heavy atom. The van der Waals surface area contributed by atoms with Gasteiger partial charge in [-0.15, -0.1) is 0 Å². The number of hydrogen-bond acceptors (Lipinski definition) is 3. The van der Waals surface area contributed by atoms with E-state index >= 15 is 0 Å². The second-order valence-corrected chi connectivity index (χ2v) is 5.28. The molecular formula is C17H26O3. The fraction of sp³-hybridized carbons (Fsp3) is 0.588. The highest BCUT2D eigenvalue weighted by atomic mass is 16.5. The molecule has 0 heterocycles. The van der Waals surface area contributed by atoms with Crippen LogP contribution in [-0.4, -0.2) is 19.2 Å². The number of ether oxygens (including phenoxy) is 2. The van der Waals surface area contributed by atoms with E-state index < -0.39 is 0 Å². The molecule has 0 fully saturated rings. The van der Waals surface area contributed by atoms with Crippen molar-refractivity contribution in [1.82, 2.24) is 0 Å². The highest BCUT2D eigenvalue weighted by Crippen LogP contribution is 2.14. The van der Waals surface area contributed by atoms with Gasteiger partial charge in [0.2, 0.25) is 0 Å². The van der Waals surface area contributed by atoms with E-state index in [2.05, 4.69) is 13.8 Å². The van der Waals surface area contributed by atoms with Gasteiger partial charge in [0.25, 0.3) is 0 Å². The van der Waals surface area contributed by atoms with Crippen molar-refractivity contribution in [2.45, 2.75) is 46.5 Å². The van der Waals surface area contributed by atoms with Crippen LogP contribution in [0.1, 0.15) is 45.6 Å². The van der Waals surface area contributed by atoms with Gasteiger partial charge in [-0.3, -0.25) is 4.79 Å². The summed E-state index contributed by atoms with van der Waals surface area (Å²) < 4.78 is 10.6. The maximum atomic E-state index is 10.8.